The third kappa shape index (κ3) is 3.06. The Morgan fingerprint density at radius 3 is 2.28 bits per heavy atom. The van der Waals surface area contributed by atoms with Crippen molar-refractivity contribution >= 4 is 0 Å². The van der Waals surface area contributed by atoms with Gasteiger partial charge in [-0.1, -0.05) is 6.07 Å². The molecule has 1 aliphatic carbocycles. The van der Waals surface area contributed by atoms with Crippen molar-refractivity contribution in [2.24, 2.45) is 0 Å². The molecular weight excluding hydrogens is 236 g/mol. The van der Waals surface area contributed by atoms with E-state index in [4.69, 9.17) is 0 Å². The van der Waals surface area contributed by atoms with E-state index in [1.165, 1.54) is 18.2 Å². The Morgan fingerprint density at radius 1 is 1.17 bits per heavy atom. The lowest BCUT2D eigenvalue weighted by Crippen LogP contribution is -2.36. The standard InChI is InChI=1S/C14H19F2NO/c1-9(14-12(15)3-2-4-13(14)16)17-10-5-7-11(18)8-6-10/h2-4,9-11,17-18H,5-8H2,1H3. The molecule has 1 unspecified atom stereocenters. The molecule has 4 heteroatoms. The van der Waals surface area contributed by atoms with Gasteiger partial charge in [-0.05, 0) is 44.7 Å². The molecule has 0 bridgehead atoms. The number of nitrogens with one attached hydrogen (secondary N) is 1. The largest absolute Gasteiger partial charge is 0.393 e. The van der Waals surface area contributed by atoms with Crippen LogP contribution in [0.25, 0.3) is 0 Å². The van der Waals surface area contributed by atoms with E-state index in [1.54, 1.807) is 6.92 Å². The van der Waals surface area contributed by atoms with Crippen LogP contribution in [-0.2, 0) is 0 Å². The zero-order valence-electron chi connectivity index (χ0n) is 10.5. The van der Waals surface area contributed by atoms with Crippen molar-refractivity contribution in [1.82, 2.24) is 5.32 Å². The summed E-state index contributed by atoms with van der Waals surface area (Å²) in [5.74, 6) is -1.02. The fraction of sp³-hybridized carbons (Fsp3) is 0.571. The van der Waals surface area contributed by atoms with Crippen LogP contribution in [0.5, 0.6) is 0 Å². The number of hydrogen-bond donors (Lipinski definition) is 2. The molecule has 18 heavy (non-hydrogen) atoms. The van der Waals surface area contributed by atoms with Crippen LogP contribution in [0.1, 0.15) is 44.2 Å². The smallest absolute Gasteiger partial charge is 0.130 e. The number of halogens is 2. The first-order valence-corrected chi connectivity index (χ1v) is 6.46. The van der Waals surface area contributed by atoms with Gasteiger partial charge in [-0.3, -0.25) is 0 Å². The highest BCUT2D eigenvalue weighted by Gasteiger charge is 2.23. The first-order valence-electron chi connectivity index (χ1n) is 6.46. The van der Waals surface area contributed by atoms with E-state index in [9.17, 15) is 13.9 Å². The number of aliphatic hydroxyl groups is 1. The summed E-state index contributed by atoms with van der Waals surface area (Å²) in [4.78, 5) is 0. The predicted molar refractivity (Wildman–Crippen MR) is 66.2 cm³/mol. The molecule has 0 aliphatic heterocycles. The fourth-order valence-electron chi connectivity index (χ4n) is 2.60. The van der Waals surface area contributed by atoms with Gasteiger partial charge in [0, 0.05) is 17.6 Å². The molecule has 1 aromatic rings. The average molecular weight is 255 g/mol. The fourth-order valence-corrected chi connectivity index (χ4v) is 2.60. The van der Waals surface area contributed by atoms with Crippen LogP contribution in [0.4, 0.5) is 8.78 Å². The zero-order valence-corrected chi connectivity index (χ0v) is 10.5. The van der Waals surface area contributed by atoms with Crippen LogP contribution >= 0.6 is 0 Å². The topological polar surface area (TPSA) is 32.3 Å². The number of rotatable bonds is 3. The molecule has 0 amide bonds. The summed E-state index contributed by atoms with van der Waals surface area (Å²) in [6.45, 7) is 1.77. The van der Waals surface area contributed by atoms with Crippen molar-refractivity contribution in [2.45, 2.75) is 50.8 Å². The molecule has 2 rings (SSSR count). The normalized spacial score (nSPS) is 26.0. The summed E-state index contributed by atoms with van der Waals surface area (Å²) in [7, 11) is 0. The molecule has 0 heterocycles. The van der Waals surface area contributed by atoms with E-state index < -0.39 is 11.6 Å². The highest BCUT2D eigenvalue weighted by atomic mass is 19.1. The Kier molecular flexibility index (Phi) is 4.30. The van der Waals surface area contributed by atoms with Crippen LogP contribution in [0.2, 0.25) is 0 Å². The molecule has 0 radical (unpaired) electrons. The van der Waals surface area contributed by atoms with Crippen molar-refractivity contribution in [3.8, 4) is 0 Å². The van der Waals surface area contributed by atoms with Crippen LogP contribution in [0.15, 0.2) is 18.2 Å². The van der Waals surface area contributed by atoms with Gasteiger partial charge in [-0.2, -0.15) is 0 Å². The van der Waals surface area contributed by atoms with Crippen molar-refractivity contribution in [3.05, 3.63) is 35.4 Å². The second-order valence-corrected chi connectivity index (χ2v) is 5.03. The van der Waals surface area contributed by atoms with Crippen LogP contribution in [0.3, 0.4) is 0 Å². The molecule has 1 atom stereocenters. The van der Waals surface area contributed by atoms with Crippen LogP contribution in [-0.4, -0.2) is 17.3 Å². The number of benzene rings is 1. The first-order chi connectivity index (χ1) is 8.58. The SMILES string of the molecule is CC(NC1CCC(O)CC1)c1c(F)cccc1F. The van der Waals surface area contributed by atoms with Gasteiger partial charge in [0.2, 0.25) is 0 Å². The van der Waals surface area contributed by atoms with Gasteiger partial charge in [0.15, 0.2) is 0 Å². The van der Waals surface area contributed by atoms with Gasteiger partial charge >= 0.3 is 0 Å². The molecule has 1 fully saturated rings. The summed E-state index contributed by atoms with van der Waals surface area (Å²) in [6, 6.07) is 3.80. The summed E-state index contributed by atoms with van der Waals surface area (Å²) in [5, 5.41) is 12.7. The average Bonchev–Trinajstić information content (AvgIpc) is 2.32. The molecule has 1 saturated carbocycles. The first kappa shape index (κ1) is 13.4. The summed E-state index contributed by atoms with van der Waals surface area (Å²) in [6.07, 6.45) is 2.99. The molecule has 0 aromatic heterocycles. The highest BCUT2D eigenvalue weighted by Crippen LogP contribution is 2.24. The molecule has 100 valence electrons. The van der Waals surface area contributed by atoms with Crippen LogP contribution in [0, 0.1) is 11.6 Å². The Hall–Kier alpha value is -1.00. The zero-order chi connectivity index (χ0) is 13.1. The highest BCUT2D eigenvalue weighted by molar-refractivity contribution is 5.22. The van der Waals surface area contributed by atoms with Crippen molar-refractivity contribution < 1.29 is 13.9 Å². The maximum atomic E-state index is 13.6. The molecule has 0 saturated heterocycles. The lowest BCUT2D eigenvalue weighted by atomic mass is 9.92. The Balaban J connectivity index is 2.01. The Bertz CT molecular complexity index is 383. The minimum atomic E-state index is -0.508. The molecule has 2 N–H and O–H groups in total. The maximum absolute atomic E-state index is 13.6. The molecule has 2 nitrogen and oxygen atoms in total. The van der Waals surface area contributed by atoms with Crippen molar-refractivity contribution in [2.75, 3.05) is 0 Å². The Morgan fingerprint density at radius 2 is 1.72 bits per heavy atom. The van der Waals surface area contributed by atoms with Gasteiger partial charge in [-0.25, -0.2) is 8.78 Å². The Labute approximate surface area is 106 Å². The number of aliphatic hydroxyl groups excluding tert-OH is 1. The van der Waals surface area contributed by atoms with Crippen molar-refractivity contribution in [1.29, 1.82) is 0 Å². The van der Waals surface area contributed by atoms with Gasteiger partial charge in [-0.15, -0.1) is 0 Å². The van der Waals surface area contributed by atoms with Crippen LogP contribution < -0.4 is 5.32 Å². The summed E-state index contributed by atoms with van der Waals surface area (Å²) >= 11 is 0. The van der Waals surface area contributed by atoms with Crippen molar-refractivity contribution in [3.63, 3.8) is 0 Å². The molecular formula is C14H19F2NO. The van der Waals surface area contributed by atoms with E-state index in [2.05, 4.69) is 5.32 Å². The maximum Gasteiger partial charge on any atom is 0.130 e. The lowest BCUT2D eigenvalue weighted by molar-refractivity contribution is 0.114. The lowest BCUT2D eigenvalue weighted by Gasteiger charge is -2.29. The predicted octanol–water partition coefficient (Wildman–Crippen LogP) is 2.92. The summed E-state index contributed by atoms with van der Waals surface area (Å²) in [5.41, 5.74) is 0.101. The molecule has 0 spiro atoms. The molecule has 1 aromatic carbocycles. The minimum absolute atomic E-state index is 0.101. The summed E-state index contributed by atoms with van der Waals surface area (Å²) < 4.78 is 27.2. The van der Waals surface area contributed by atoms with E-state index in [0.717, 1.165) is 25.7 Å². The monoisotopic (exact) mass is 255 g/mol. The van der Waals surface area contributed by atoms with Gasteiger partial charge in [0.1, 0.15) is 11.6 Å². The molecule has 1 aliphatic rings. The van der Waals surface area contributed by atoms with E-state index in [-0.39, 0.29) is 23.8 Å². The second-order valence-electron chi connectivity index (χ2n) is 5.03. The quantitative estimate of drug-likeness (QED) is 0.870. The third-order valence-corrected chi connectivity index (χ3v) is 3.62. The second kappa shape index (κ2) is 5.76. The minimum Gasteiger partial charge on any atom is -0.393 e. The van der Waals surface area contributed by atoms with Gasteiger partial charge in [0.25, 0.3) is 0 Å². The van der Waals surface area contributed by atoms with E-state index in [0.29, 0.717) is 0 Å². The van der Waals surface area contributed by atoms with Gasteiger partial charge < -0.3 is 10.4 Å². The third-order valence-electron chi connectivity index (χ3n) is 3.62. The number of hydrogen-bond acceptors (Lipinski definition) is 2. The van der Waals surface area contributed by atoms with E-state index in [1.807, 2.05) is 0 Å². The van der Waals surface area contributed by atoms with E-state index >= 15 is 0 Å². The van der Waals surface area contributed by atoms with Gasteiger partial charge in [0.05, 0.1) is 6.10 Å².